The van der Waals surface area contributed by atoms with E-state index in [-0.39, 0.29) is 5.92 Å². The van der Waals surface area contributed by atoms with Crippen LogP contribution in [0.1, 0.15) is 18.9 Å². The summed E-state index contributed by atoms with van der Waals surface area (Å²) in [5, 5.41) is 11.0. The first kappa shape index (κ1) is 15.7. The molecule has 0 bridgehead atoms. The van der Waals surface area contributed by atoms with Gasteiger partial charge in [0, 0.05) is 44.5 Å². The fourth-order valence-corrected chi connectivity index (χ4v) is 4.40. The van der Waals surface area contributed by atoms with Gasteiger partial charge in [-0.15, -0.1) is 0 Å². The Labute approximate surface area is 141 Å². The molecule has 0 aliphatic carbocycles. The van der Waals surface area contributed by atoms with Gasteiger partial charge in [-0.1, -0.05) is 6.07 Å². The average Bonchev–Trinajstić information content (AvgIpc) is 3.15. The second-order valence-electron chi connectivity index (χ2n) is 7.16. The molecule has 5 nitrogen and oxygen atoms in total. The molecule has 24 heavy (non-hydrogen) atoms. The van der Waals surface area contributed by atoms with Crippen molar-refractivity contribution < 1.29 is 14.6 Å². The highest BCUT2D eigenvalue weighted by Gasteiger charge is 2.53. The monoisotopic (exact) mass is 328 g/mol. The molecule has 4 rings (SSSR count). The topological polar surface area (TPSA) is 54.7 Å². The Morgan fingerprint density at radius 2 is 2.29 bits per heavy atom. The molecule has 0 spiro atoms. The number of carbonyl (C=O) groups is 1. The first-order valence-electron chi connectivity index (χ1n) is 8.73. The van der Waals surface area contributed by atoms with Crippen LogP contribution in [0.5, 0.6) is 0 Å². The fourth-order valence-electron chi connectivity index (χ4n) is 4.40. The molecule has 0 amide bonds. The van der Waals surface area contributed by atoms with Crippen molar-refractivity contribution in [2.45, 2.75) is 26.4 Å². The number of carboxylic acids is 1. The smallest absolute Gasteiger partial charge is 0.313 e. The number of nitrogens with zero attached hydrogens (tertiary/aromatic N) is 2. The zero-order valence-electron chi connectivity index (χ0n) is 14.1. The normalized spacial score (nSPS) is 27.5. The number of benzene rings is 1. The standard InChI is InChI=1S/C19H24N2O3/c1-2-21-7-5-15-9-14(3-4-17(15)21)10-20-11-16-6-8-24-13-19(16,12-20)18(22)23/h3-5,7,9,16H,2,6,8,10-13H2,1H3,(H,22,23)/t16-,19+/m0/s1. The average molecular weight is 328 g/mol. The van der Waals surface area contributed by atoms with Crippen LogP contribution in [0.3, 0.4) is 0 Å². The van der Waals surface area contributed by atoms with Gasteiger partial charge in [0.15, 0.2) is 0 Å². The van der Waals surface area contributed by atoms with Crippen LogP contribution < -0.4 is 0 Å². The van der Waals surface area contributed by atoms with Gasteiger partial charge in [-0.25, -0.2) is 0 Å². The van der Waals surface area contributed by atoms with E-state index in [1.807, 2.05) is 0 Å². The van der Waals surface area contributed by atoms with E-state index in [1.165, 1.54) is 16.5 Å². The number of aromatic nitrogens is 1. The number of likely N-dealkylation sites (tertiary alicyclic amines) is 1. The molecule has 2 fully saturated rings. The van der Waals surface area contributed by atoms with E-state index in [9.17, 15) is 9.90 Å². The summed E-state index contributed by atoms with van der Waals surface area (Å²) in [5.41, 5.74) is 1.79. The lowest BCUT2D eigenvalue weighted by molar-refractivity contribution is -0.159. The number of aliphatic carboxylic acids is 1. The van der Waals surface area contributed by atoms with Crippen LogP contribution in [-0.4, -0.2) is 46.8 Å². The van der Waals surface area contributed by atoms with Crippen molar-refractivity contribution in [3.63, 3.8) is 0 Å². The summed E-state index contributed by atoms with van der Waals surface area (Å²) in [7, 11) is 0. The van der Waals surface area contributed by atoms with Gasteiger partial charge in [0.05, 0.1) is 6.61 Å². The summed E-state index contributed by atoms with van der Waals surface area (Å²) in [6, 6.07) is 8.72. The Morgan fingerprint density at radius 3 is 3.04 bits per heavy atom. The Morgan fingerprint density at radius 1 is 1.42 bits per heavy atom. The first-order chi connectivity index (χ1) is 11.6. The third kappa shape index (κ3) is 2.43. The molecule has 0 saturated carbocycles. The number of aryl methyl sites for hydroxylation is 1. The molecule has 0 unspecified atom stereocenters. The summed E-state index contributed by atoms with van der Waals surface area (Å²) in [6.07, 6.45) is 2.97. The molecule has 128 valence electrons. The largest absolute Gasteiger partial charge is 0.481 e. The van der Waals surface area contributed by atoms with Crippen molar-refractivity contribution in [1.82, 2.24) is 9.47 Å². The SMILES string of the molecule is CCn1ccc2cc(CN3C[C@@H]4CCOC[C@]4(C(=O)O)C3)ccc21. The first-order valence-corrected chi connectivity index (χ1v) is 8.73. The lowest BCUT2D eigenvalue weighted by Crippen LogP contribution is -2.46. The van der Waals surface area contributed by atoms with Gasteiger partial charge in [-0.05, 0) is 48.4 Å². The number of fused-ring (bicyclic) bond motifs is 2. The van der Waals surface area contributed by atoms with Crippen LogP contribution >= 0.6 is 0 Å². The van der Waals surface area contributed by atoms with Crippen molar-refractivity contribution in [1.29, 1.82) is 0 Å². The third-order valence-electron chi connectivity index (χ3n) is 5.74. The summed E-state index contributed by atoms with van der Waals surface area (Å²) in [6.45, 7) is 6.39. The second kappa shape index (κ2) is 5.90. The molecule has 1 aromatic carbocycles. The molecule has 5 heteroatoms. The Balaban J connectivity index is 1.54. The minimum atomic E-state index is -0.714. The summed E-state index contributed by atoms with van der Waals surface area (Å²) >= 11 is 0. The van der Waals surface area contributed by atoms with Crippen LogP contribution in [0, 0.1) is 11.3 Å². The number of hydrogen-bond donors (Lipinski definition) is 1. The van der Waals surface area contributed by atoms with Gasteiger partial charge in [-0.3, -0.25) is 9.69 Å². The van der Waals surface area contributed by atoms with Crippen LogP contribution in [0.25, 0.3) is 10.9 Å². The van der Waals surface area contributed by atoms with Gasteiger partial charge in [0.1, 0.15) is 5.41 Å². The molecule has 2 aliphatic rings. The molecule has 0 radical (unpaired) electrons. The number of ether oxygens (including phenoxy) is 1. The highest BCUT2D eigenvalue weighted by atomic mass is 16.5. The quantitative estimate of drug-likeness (QED) is 0.937. The highest BCUT2D eigenvalue weighted by Crippen LogP contribution is 2.42. The van der Waals surface area contributed by atoms with Crippen LogP contribution in [-0.2, 0) is 22.6 Å². The van der Waals surface area contributed by atoms with E-state index < -0.39 is 11.4 Å². The van der Waals surface area contributed by atoms with E-state index in [4.69, 9.17) is 4.74 Å². The minimum Gasteiger partial charge on any atom is -0.481 e. The van der Waals surface area contributed by atoms with Crippen LogP contribution in [0.4, 0.5) is 0 Å². The maximum atomic E-state index is 11.9. The predicted molar refractivity (Wildman–Crippen MR) is 91.9 cm³/mol. The lowest BCUT2D eigenvalue weighted by atomic mass is 9.76. The Kier molecular flexibility index (Phi) is 3.85. The van der Waals surface area contributed by atoms with Crippen LogP contribution in [0.15, 0.2) is 30.5 Å². The molecular weight excluding hydrogens is 304 g/mol. The van der Waals surface area contributed by atoms with Gasteiger partial charge in [0.2, 0.25) is 0 Å². The summed E-state index contributed by atoms with van der Waals surface area (Å²) < 4.78 is 7.75. The molecule has 1 aromatic heterocycles. The van der Waals surface area contributed by atoms with Crippen molar-refractivity contribution >= 4 is 16.9 Å². The maximum absolute atomic E-state index is 11.9. The number of hydrogen-bond acceptors (Lipinski definition) is 3. The summed E-state index contributed by atoms with van der Waals surface area (Å²) in [4.78, 5) is 14.1. The van der Waals surface area contributed by atoms with Gasteiger partial charge < -0.3 is 14.4 Å². The van der Waals surface area contributed by atoms with Crippen molar-refractivity contribution in [3.05, 3.63) is 36.0 Å². The Bertz CT molecular complexity index is 769. The zero-order valence-corrected chi connectivity index (χ0v) is 14.1. The van der Waals surface area contributed by atoms with Crippen LogP contribution in [0.2, 0.25) is 0 Å². The van der Waals surface area contributed by atoms with Gasteiger partial charge in [0.25, 0.3) is 0 Å². The molecular formula is C19H24N2O3. The minimum absolute atomic E-state index is 0.202. The van der Waals surface area contributed by atoms with E-state index in [0.717, 1.165) is 26.1 Å². The molecule has 1 N–H and O–H groups in total. The number of carboxylic acid groups (broad SMARTS) is 1. The lowest BCUT2D eigenvalue weighted by Gasteiger charge is -2.34. The Hall–Kier alpha value is -1.85. The van der Waals surface area contributed by atoms with E-state index in [0.29, 0.717) is 19.8 Å². The zero-order chi connectivity index (χ0) is 16.7. The third-order valence-corrected chi connectivity index (χ3v) is 5.74. The highest BCUT2D eigenvalue weighted by molar-refractivity contribution is 5.81. The maximum Gasteiger partial charge on any atom is 0.313 e. The molecule has 2 aromatic rings. The fraction of sp³-hybridized carbons (Fsp3) is 0.526. The van der Waals surface area contributed by atoms with E-state index >= 15 is 0 Å². The van der Waals surface area contributed by atoms with Gasteiger partial charge in [-0.2, -0.15) is 0 Å². The molecule has 2 atom stereocenters. The second-order valence-corrected chi connectivity index (χ2v) is 7.16. The van der Waals surface area contributed by atoms with Crippen molar-refractivity contribution in [3.8, 4) is 0 Å². The molecule has 2 aliphatic heterocycles. The van der Waals surface area contributed by atoms with E-state index in [1.54, 1.807) is 0 Å². The number of rotatable bonds is 4. The summed E-state index contributed by atoms with van der Waals surface area (Å²) in [5.74, 6) is -0.501. The predicted octanol–water partition coefficient (Wildman–Crippen LogP) is 2.58. The molecule has 2 saturated heterocycles. The van der Waals surface area contributed by atoms with Crippen molar-refractivity contribution in [2.24, 2.45) is 11.3 Å². The molecule has 3 heterocycles. The van der Waals surface area contributed by atoms with Crippen molar-refractivity contribution in [2.75, 3.05) is 26.3 Å². The van der Waals surface area contributed by atoms with Gasteiger partial charge >= 0.3 is 5.97 Å². The van der Waals surface area contributed by atoms with E-state index in [2.05, 4.69) is 46.9 Å².